The molecule has 1 saturated carbocycles. The van der Waals surface area contributed by atoms with Gasteiger partial charge in [0.1, 0.15) is 0 Å². The van der Waals surface area contributed by atoms with Crippen LogP contribution in [0.25, 0.3) is 0 Å². The van der Waals surface area contributed by atoms with Crippen LogP contribution in [0.15, 0.2) is 24.3 Å². The quantitative estimate of drug-likeness (QED) is 0.660. The van der Waals surface area contributed by atoms with Crippen molar-refractivity contribution in [3.05, 3.63) is 29.8 Å². The van der Waals surface area contributed by atoms with Gasteiger partial charge >= 0.3 is 0 Å². The minimum absolute atomic E-state index is 0.0123. The summed E-state index contributed by atoms with van der Waals surface area (Å²) < 4.78 is 0. The van der Waals surface area contributed by atoms with Crippen molar-refractivity contribution in [2.75, 3.05) is 12.3 Å². The van der Waals surface area contributed by atoms with E-state index in [1.165, 1.54) is 4.90 Å². The number of fused-ring (bicyclic) bond motifs is 1. The zero-order valence-corrected chi connectivity index (χ0v) is 11.1. The van der Waals surface area contributed by atoms with Gasteiger partial charge in [-0.2, -0.15) is 0 Å². The van der Waals surface area contributed by atoms with Gasteiger partial charge in [0.25, 0.3) is 0 Å². The van der Waals surface area contributed by atoms with Crippen LogP contribution in [-0.2, 0) is 15.0 Å². The molecule has 1 aromatic rings. The highest BCUT2D eigenvalue weighted by Gasteiger charge is 2.72. The number of unbranched alkanes of at least 4 members (excludes halogenated alkanes) is 1. The summed E-state index contributed by atoms with van der Waals surface area (Å²) in [5.74, 6) is -0.239. The average Bonchev–Trinajstić information content (AvgIpc) is 3.11. The molecule has 2 amide bonds. The van der Waals surface area contributed by atoms with E-state index in [1.807, 2.05) is 18.2 Å². The second-order valence-corrected chi connectivity index (χ2v) is 5.46. The Morgan fingerprint density at radius 1 is 1.37 bits per heavy atom. The van der Waals surface area contributed by atoms with E-state index >= 15 is 0 Å². The predicted octanol–water partition coefficient (Wildman–Crippen LogP) is 1.70. The lowest BCUT2D eigenvalue weighted by atomic mass is 9.92. The average molecular weight is 258 g/mol. The molecule has 0 spiro atoms. The predicted molar refractivity (Wildman–Crippen MR) is 72.3 cm³/mol. The number of piperidine rings is 1. The molecular weight excluding hydrogens is 240 g/mol. The maximum Gasteiger partial charge on any atom is 0.240 e. The molecule has 2 unspecified atom stereocenters. The number of hydrogen-bond donors (Lipinski definition) is 1. The monoisotopic (exact) mass is 258 g/mol. The van der Waals surface area contributed by atoms with Gasteiger partial charge in [0.2, 0.25) is 11.8 Å². The second kappa shape index (κ2) is 4.08. The zero-order valence-electron chi connectivity index (χ0n) is 11.1. The Kier molecular flexibility index (Phi) is 2.62. The van der Waals surface area contributed by atoms with Crippen LogP contribution in [-0.4, -0.2) is 23.3 Å². The number of carbonyl (C=O) groups excluding carboxylic acids is 2. The number of para-hydroxylation sites is 1. The topological polar surface area (TPSA) is 63.4 Å². The fourth-order valence-electron chi connectivity index (χ4n) is 3.17. The Morgan fingerprint density at radius 2 is 2.11 bits per heavy atom. The Morgan fingerprint density at radius 3 is 2.79 bits per heavy atom. The SMILES string of the molecule is CCCCN1C(=O)C2CC2(c2ccccc2N)C1=O. The van der Waals surface area contributed by atoms with Crippen molar-refractivity contribution in [2.45, 2.75) is 31.6 Å². The molecule has 19 heavy (non-hydrogen) atoms. The second-order valence-electron chi connectivity index (χ2n) is 5.46. The van der Waals surface area contributed by atoms with Crippen molar-refractivity contribution in [1.29, 1.82) is 0 Å². The highest BCUT2D eigenvalue weighted by Crippen LogP contribution is 2.61. The molecular formula is C15H18N2O2. The number of carbonyl (C=O) groups is 2. The fraction of sp³-hybridized carbons (Fsp3) is 0.467. The molecule has 4 nitrogen and oxygen atoms in total. The standard InChI is InChI=1S/C15H18N2O2/c1-2-3-8-17-13(18)11-9-15(11,14(17)19)10-6-4-5-7-12(10)16/h4-7,11H,2-3,8-9,16H2,1H3. The molecule has 0 aromatic heterocycles. The van der Waals surface area contributed by atoms with Crippen LogP contribution >= 0.6 is 0 Å². The number of hydrogen-bond acceptors (Lipinski definition) is 3. The Labute approximate surface area is 112 Å². The molecule has 2 N–H and O–H groups in total. The first-order valence-electron chi connectivity index (χ1n) is 6.83. The van der Waals surface area contributed by atoms with E-state index in [0.29, 0.717) is 18.7 Å². The summed E-state index contributed by atoms with van der Waals surface area (Å²) in [6, 6.07) is 7.40. The maximum atomic E-state index is 12.6. The van der Waals surface area contributed by atoms with E-state index in [-0.39, 0.29) is 17.7 Å². The molecule has 2 atom stereocenters. The van der Waals surface area contributed by atoms with E-state index in [4.69, 9.17) is 5.73 Å². The smallest absolute Gasteiger partial charge is 0.240 e. The third kappa shape index (κ3) is 1.52. The first kappa shape index (κ1) is 12.2. The Hall–Kier alpha value is -1.84. The number of nitrogens with zero attached hydrogens (tertiary/aromatic N) is 1. The summed E-state index contributed by atoms with van der Waals surface area (Å²) in [5.41, 5.74) is 6.79. The molecule has 2 fully saturated rings. The summed E-state index contributed by atoms with van der Waals surface area (Å²) in [6.07, 6.45) is 2.47. The Balaban J connectivity index is 1.94. The van der Waals surface area contributed by atoms with Gasteiger partial charge in [0, 0.05) is 12.2 Å². The van der Waals surface area contributed by atoms with Crippen molar-refractivity contribution in [1.82, 2.24) is 4.90 Å². The zero-order chi connectivity index (χ0) is 13.6. The maximum absolute atomic E-state index is 12.6. The lowest BCUT2D eigenvalue weighted by molar-refractivity contribution is -0.141. The summed E-state index contributed by atoms with van der Waals surface area (Å²) in [6.45, 7) is 2.59. The van der Waals surface area contributed by atoms with Gasteiger partial charge < -0.3 is 5.73 Å². The van der Waals surface area contributed by atoms with Crippen LogP contribution in [0.4, 0.5) is 5.69 Å². The van der Waals surface area contributed by atoms with Gasteiger partial charge in [-0.3, -0.25) is 14.5 Å². The number of likely N-dealkylation sites (tertiary alicyclic amines) is 1. The van der Waals surface area contributed by atoms with Crippen LogP contribution in [0.2, 0.25) is 0 Å². The molecule has 0 bridgehead atoms. The number of benzene rings is 1. The van der Waals surface area contributed by atoms with Crippen LogP contribution in [0.3, 0.4) is 0 Å². The van der Waals surface area contributed by atoms with Gasteiger partial charge in [0.15, 0.2) is 0 Å². The molecule has 1 aromatic carbocycles. The highest BCUT2D eigenvalue weighted by molar-refractivity contribution is 6.15. The van der Waals surface area contributed by atoms with Crippen molar-refractivity contribution in [3.63, 3.8) is 0 Å². The molecule has 100 valence electrons. The van der Waals surface area contributed by atoms with Gasteiger partial charge in [-0.05, 0) is 24.5 Å². The molecule has 1 saturated heterocycles. The van der Waals surface area contributed by atoms with Crippen molar-refractivity contribution in [2.24, 2.45) is 5.92 Å². The first-order chi connectivity index (χ1) is 9.13. The lowest BCUT2D eigenvalue weighted by Crippen LogP contribution is -2.37. The molecule has 2 aliphatic rings. The largest absolute Gasteiger partial charge is 0.398 e. The third-order valence-corrected chi connectivity index (χ3v) is 4.33. The van der Waals surface area contributed by atoms with E-state index < -0.39 is 5.41 Å². The summed E-state index contributed by atoms with van der Waals surface area (Å²) in [7, 11) is 0. The molecule has 1 heterocycles. The minimum atomic E-state index is -0.643. The van der Waals surface area contributed by atoms with Crippen molar-refractivity contribution >= 4 is 17.5 Å². The number of nitrogen functional groups attached to an aromatic ring is 1. The summed E-state index contributed by atoms with van der Waals surface area (Å²) in [5, 5.41) is 0. The first-order valence-corrected chi connectivity index (χ1v) is 6.83. The molecule has 4 heteroatoms. The minimum Gasteiger partial charge on any atom is -0.398 e. The van der Waals surface area contributed by atoms with Gasteiger partial charge in [-0.15, -0.1) is 0 Å². The number of imide groups is 1. The van der Waals surface area contributed by atoms with Gasteiger partial charge in [0.05, 0.1) is 11.3 Å². The number of rotatable bonds is 4. The van der Waals surface area contributed by atoms with Crippen molar-refractivity contribution < 1.29 is 9.59 Å². The number of amides is 2. The number of nitrogens with two attached hydrogens (primary N) is 1. The lowest BCUT2D eigenvalue weighted by Gasteiger charge is -2.20. The van der Waals surface area contributed by atoms with Crippen LogP contribution in [0.5, 0.6) is 0 Å². The Bertz CT molecular complexity index is 555. The fourth-order valence-corrected chi connectivity index (χ4v) is 3.17. The van der Waals surface area contributed by atoms with E-state index in [1.54, 1.807) is 6.07 Å². The third-order valence-electron chi connectivity index (χ3n) is 4.33. The normalized spacial score (nSPS) is 28.7. The summed E-state index contributed by atoms with van der Waals surface area (Å²) >= 11 is 0. The van der Waals surface area contributed by atoms with Crippen molar-refractivity contribution in [3.8, 4) is 0 Å². The van der Waals surface area contributed by atoms with Gasteiger partial charge in [-0.1, -0.05) is 31.5 Å². The van der Waals surface area contributed by atoms with E-state index in [0.717, 1.165) is 18.4 Å². The van der Waals surface area contributed by atoms with Crippen LogP contribution < -0.4 is 5.73 Å². The number of anilines is 1. The van der Waals surface area contributed by atoms with E-state index in [2.05, 4.69) is 6.92 Å². The highest BCUT2D eigenvalue weighted by atomic mass is 16.2. The van der Waals surface area contributed by atoms with Gasteiger partial charge in [-0.25, -0.2) is 0 Å². The van der Waals surface area contributed by atoms with Crippen LogP contribution in [0.1, 0.15) is 31.7 Å². The molecule has 1 aliphatic carbocycles. The molecule has 3 rings (SSSR count). The summed E-state index contributed by atoms with van der Waals surface area (Å²) in [4.78, 5) is 26.2. The van der Waals surface area contributed by atoms with Crippen LogP contribution in [0, 0.1) is 5.92 Å². The molecule has 0 radical (unpaired) electrons. The van der Waals surface area contributed by atoms with E-state index in [9.17, 15) is 9.59 Å². The molecule has 1 aliphatic heterocycles.